The fourth-order valence-electron chi connectivity index (χ4n) is 3.64. The second kappa shape index (κ2) is 10.6. The Balaban J connectivity index is 3.64. The maximum absolute atomic E-state index is 12.6. The molecular weight excluding hydrogens is 408 g/mol. The van der Waals surface area contributed by atoms with Crippen molar-refractivity contribution in [2.24, 2.45) is 5.41 Å². The van der Waals surface area contributed by atoms with Crippen molar-refractivity contribution in [3.8, 4) is 0 Å². The Bertz CT molecular complexity index is 667. The maximum atomic E-state index is 12.6. The summed E-state index contributed by atoms with van der Waals surface area (Å²) in [6, 6.07) is 0. The van der Waals surface area contributed by atoms with Crippen LogP contribution in [-0.4, -0.2) is 17.9 Å². The van der Waals surface area contributed by atoms with Gasteiger partial charge in [0.2, 0.25) is 0 Å². The van der Waals surface area contributed by atoms with Gasteiger partial charge in [0.05, 0.1) is 0 Å². The minimum absolute atomic E-state index is 0.168. The molecule has 0 atom stereocenters. The molecule has 0 bridgehead atoms. The van der Waals surface area contributed by atoms with E-state index in [1.807, 2.05) is 55.4 Å². The molecule has 0 unspecified atom stereocenters. The van der Waals surface area contributed by atoms with E-state index in [0.717, 1.165) is 16.7 Å². The Morgan fingerprint density at radius 3 is 1.31 bits per heavy atom. The Labute approximate surface area is 179 Å². The summed E-state index contributed by atoms with van der Waals surface area (Å²) in [6.45, 7) is 15.5. The molecule has 0 saturated heterocycles. The monoisotopic (exact) mass is 444 g/mol. The van der Waals surface area contributed by atoms with Crippen molar-refractivity contribution in [1.29, 1.82) is 0 Å². The first-order chi connectivity index (χ1) is 13.5. The summed E-state index contributed by atoms with van der Waals surface area (Å²) in [5, 5.41) is 0. The second-order valence-electron chi connectivity index (χ2n) is 8.10. The third-order valence-electron chi connectivity index (χ3n) is 5.48. The van der Waals surface area contributed by atoms with Crippen LogP contribution in [0.4, 0.5) is 0 Å². The number of hydrogen-bond donors (Lipinski definition) is 0. The zero-order valence-corrected chi connectivity index (χ0v) is 20.8. The molecule has 6 nitrogen and oxygen atoms in total. The first-order valence-electron chi connectivity index (χ1n) is 10.5. The van der Waals surface area contributed by atoms with Crippen LogP contribution in [0.25, 0.3) is 0 Å². The Hall–Kier alpha value is -1.40. The molecule has 0 amide bonds. The molecule has 7 heteroatoms. The molecule has 1 aliphatic rings. The predicted octanol–water partition coefficient (Wildman–Crippen LogP) is 5.57. The fourth-order valence-corrected chi connectivity index (χ4v) is 8.69. The van der Waals surface area contributed by atoms with E-state index >= 15 is 0 Å². The van der Waals surface area contributed by atoms with Crippen molar-refractivity contribution >= 4 is 17.9 Å². The summed E-state index contributed by atoms with van der Waals surface area (Å²) in [7, 11) is 0. The zero-order chi connectivity index (χ0) is 22.4. The van der Waals surface area contributed by atoms with Crippen LogP contribution in [0.5, 0.6) is 0 Å². The second-order valence-corrected chi connectivity index (χ2v) is 11.6. The van der Waals surface area contributed by atoms with Crippen molar-refractivity contribution in [2.75, 3.05) is 0 Å². The summed E-state index contributed by atoms with van der Waals surface area (Å²) in [5.74, 6) is -1.50. The summed E-state index contributed by atoms with van der Waals surface area (Å²) in [4.78, 5) is 37.7. The first-order valence-corrected chi connectivity index (χ1v) is 13.2. The molecule has 0 aliphatic heterocycles. The van der Waals surface area contributed by atoms with Crippen molar-refractivity contribution < 1.29 is 42.1 Å². The van der Waals surface area contributed by atoms with E-state index in [-0.39, 0.29) is 19.3 Å². The van der Waals surface area contributed by atoms with Crippen LogP contribution in [0.3, 0.4) is 0 Å². The van der Waals surface area contributed by atoms with E-state index in [0.29, 0.717) is 23.1 Å². The van der Waals surface area contributed by atoms with Gasteiger partial charge in [-0.25, -0.2) is 0 Å². The molecular formula is C22H36O6Ti. The van der Waals surface area contributed by atoms with Crippen molar-refractivity contribution in [3.63, 3.8) is 0 Å². The molecule has 0 aromatic rings. The van der Waals surface area contributed by atoms with Crippen LogP contribution in [0, 0.1) is 5.41 Å². The Morgan fingerprint density at radius 2 is 1.07 bits per heavy atom. The van der Waals surface area contributed by atoms with Gasteiger partial charge in [0.1, 0.15) is 0 Å². The van der Waals surface area contributed by atoms with Gasteiger partial charge in [0, 0.05) is 0 Å². The molecule has 0 radical (unpaired) electrons. The van der Waals surface area contributed by atoms with E-state index in [2.05, 4.69) is 0 Å². The number of allylic oxidation sites excluding steroid dienone is 4. The molecule has 0 N–H and O–H groups in total. The molecule has 0 saturated carbocycles. The molecule has 0 fully saturated rings. The van der Waals surface area contributed by atoms with Crippen LogP contribution in [0.15, 0.2) is 20.6 Å². The summed E-state index contributed by atoms with van der Waals surface area (Å²) in [5.41, 5.74) is 2.47. The van der Waals surface area contributed by atoms with E-state index in [4.69, 9.17) is 9.96 Å². The van der Waals surface area contributed by atoms with Gasteiger partial charge in [0.25, 0.3) is 0 Å². The van der Waals surface area contributed by atoms with E-state index < -0.39 is 41.1 Å². The zero-order valence-electron chi connectivity index (χ0n) is 19.2. The van der Waals surface area contributed by atoms with E-state index in [9.17, 15) is 14.4 Å². The third-order valence-corrected chi connectivity index (χ3v) is 10.3. The molecule has 0 aromatic heterocycles. The normalized spacial score (nSPS) is 16.1. The Morgan fingerprint density at radius 1 is 0.724 bits per heavy atom. The van der Waals surface area contributed by atoms with Gasteiger partial charge in [-0.2, -0.15) is 0 Å². The quantitative estimate of drug-likeness (QED) is 0.410. The molecule has 164 valence electrons. The molecule has 0 heterocycles. The van der Waals surface area contributed by atoms with Crippen LogP contribution in [0.1, 0.15) is 93.9 Å². The first kappa shape index (κ1) is 25.6. The van der Waals surface area contributed by atoms with Gasteiger partial charge in [-0.1, -0.05) is 0 Å². The van der Waals surface area contributed by atoms with Gasteiger partial charge in [-0.3, -0.25) is 0 Å². The number of rotatable bonds is 10. The van der Waals surface area contributed by atoms with Crippen molar-refractivity contribution in [3.05, 3.63) is 20.6 Å². The van der Waals surface area contributed by atoms with Crippen LogP contribution >= 0.6 is 0 Å². The molecule has 1 aliphatic carbocycles. The van der Waals surface area contributed by atoms with Gasteiger partial charge >= 0.3 is 180 Å². The Kier molecular flexibility index (Phi) is 9.35. The number of carbonyl (C=O) groups excluding carboxylic acids is 3. The average molecular weight is 444 g/mol. The minimum atomic E-state index is -4.84. The molecule has 0 aromatic carbocycles. The van der Waals surface area contributed by atoms with Gasteiger partial charge in [-0.05, 0) is 0 Å². The predicted molar refractivity (Wildman–Crippen MR) is 108 cm³/mol. The van der Waals surface area contributed by atoms with Gasteiger partial charge in [-0.15, -0.1) is 0 Å². The van der Waals surface area contributed by atoms with E-state index in [1.165, 1.54) is 0 Å². The fraction of sp³-hybridized carbons (Fsp3) is 0.682. The van der Waals surface area contributed by atoms with Crippen molar-refractivity contribution in [2.45, 2.75) is 93.9 Å². The average Bonchev–Trinajstić information content (AvgIpc) is 2.75. The third kappa shape index (κ3) is 5.82. The number of hydrogen-bond acceptors (Lipinski definition) is 6. The SMILES string of the molecule is CCCC(=O)[O][Ti]([O]C(=O)CCC)([O]C(=O)CCC)[C]1=C(C)C(C)=C(C)C1(C)C. The van der Waals surface area contributed by atoms with Gasteiger partial charge < -0.3 is 0 Å². The standard InChI is InChI=1S/C10H15.3C4H8O2.Ti/c1-7-6-10(4,5)9(3)8(7)2;3*1-2-3-4(5)6;/h1-5H3;3*2-3H2,1H3,(H,5,6);/q;;;;+3/p-3. The topological polar surface area (TPSA) is 78.9 Å². The van der Waals surface area contributed by atoms with Crippen molar-refractivity contribution in [1.82, 2.24) is 0 Å². The summed E-state index contributed by atoms with van der Waals surface area (Å²) < 4.78 is 18.3. The molecule has 29 heavy (non-hydrogen) atoms. The summed E-state index contributed by atoms with van der Waals surface area (Å²) >= 11 is -4.84. The number of carbonyl (C=O) groups is 3. The molecule has 1 rings (SSSR count). The van der Waals surface area contributed by atoms with E-state index in [1.54, 1.807) is 0 Å². The van der Waals surface area contributed by atoms with Crippen LogP contribution in [-0.2, 0) is 42.1 Å². The van der Waals surface area contributed by atoms with Crippen LogP contribution < -0.4 is 0 Å². The molecule has 0 spiro atoms. The summed E-state index contributed by atoms with van der Waals surface area (Å²) in [6.07, 6.45) is 2.26. The van der Waals surface area contributed by atoms with Crippen LogP contribution in [0.2, 0.25) is 0 Å². The van der Waals surface area contributed by atoms with Gasteiger partial charge in [0.15, 0.2) is 0 Å².